The van der Waals surface area contributed by atoms with Crippen molar-refractivity contribution >= 4 is 0 Å². The Balaban J connectivity index is 0. The fraction of sp³-hybridized carbons (Fsp3) is 0.778. The zero-order valence-corrected chi connectivity index (χ0v) is 9.36. The first-order chi connectivity index (χ1) is 5.06. The van der Waals surface area contributed by atoms with Gasteiger partial charge < -0.3 is 22.2 Å². The van der Waals surface area contributed by atoms with Crippen LogP contribution in [0.5, 0.6) is 0 Å². The van der Waals surface area contributed by atoms with Crippen molar-refractivity contribution in [1.29, 1.82) is 0 Å². The highest BCUT2D eigenvalue weighted by Gasteiger charge is 2.03. The molecular weight excluding hydrogens is 172 g/mol. The molecule has 0 aromatic heterocycles. The van der Waals surface area contributed by atoms with Crippen molar-refractivity contribution in [3.63, 3.8) is 0 Å². The van der Waals surface area contributed by atoms with Crippen molar-refractivity contribution in [2.45, 2.75) is 13.3 Å². The van der Waals surface area contributed by atoms with Gasteiger partial charge in [-0.15, -0.1) is 0 Å². The van der Waals surface area contributed by atoms with E-state index in [2.05, 4.69) is 26.5 Å². The minimum absolute atomic E-state index is 0. The third-order valence-electron chi connectivity index (χ3n) is 1.43. The summed E-state index contributed by atoms with van der Waals surface area (Å²) < 4.78 is 1.05. The lowest BCUT2D eigenvalue weighted by atomic mass is 10.4. The number of rotatable bonds is 5. The summed E-state index contributed by atoms with van der Waals surface area (Å²) in [4.78, 5) is 0. The van der Waals surface area contributed by atoms with Gasteiger partial charge in [0.25, 0.3) is 0 Å². The van der Waals surface area contributed by atoms with Crippen LogP contribution in [-0.2, 0) is 0 Å². The predicted molar refractivity (Wildman–Crippen MR) is 50.3 cm³/mol. The van der Waals surface area contributed by atoms with Gasteiger partial charge in [0, 0.05) is 13.0 Å². The Morgan fingerprint density at radius 2 is 1.83 bits per heavy atom. The number of allylic oxidation sites excluding steroid dienone is 1. The van der Waals surface area contributed by atoms with Crippen LogP contribution < -0.4 is 17.7 Å². The predicted octanol–water partition coefficient (Wildman–Crippen LogP) is -1.79. The van der Waals surface area contributed by atoms with Crippen LogP contribution in [0.2, 0.25) is 0 Å². The molecule has 0 bridgehead atoms. The maximum absolute atomic E-state index is 3.22. The largest absolute Gasteiger partial charge is 1.00 e. The van der Waals surface area contributed by atoms with Gasteiger partial charge in [-0.25, -0.2) is 0 Å². The normalized spacial score (nSPS) is 11.3. The van der Waals surface area contributed by atoms with Crippen molar-refractivity contribution in [2.24, 2.45) is 0 Å². The molecule has 0 aromatic rings. The van der Waals surface area contributed by atoms with E-state index in [-0.39, 0.29) is 12.4 Å². The lowest BCUT2D eigenvalue weighted by Crippen LogP contribution is -3.00. The summed E-state index contributed by atoms with van der Waals surface area (Å²) in [7, 11) is 6.65. The molecule has 3 heteroatoms. The molecule has 0 saturated carbocycles. The summed E-state index contributed by atoms with van der Waals surface area (Å²) in [6.07, 6.45) is 5.25. The lowest BCUT2D eigenvalue weighted by molar-refractivity contribution is -0.870. The number of hydrogen-bond donors (Lipinski definition) is 1. The van der Waals surface area contributed by atoms with Gasteiger partial charge in [0.2, 0.25) is 0 Å². The van der Waals surface area contributed by atoms with Gasteiger partial charge in [-0.05, 0) is 13.1 Å². The molecule has 1 N–H and O–H groups in total. The number of quaternary nitrogens is 1. The Bertz CT molecular complexity index is 116. The van der Waals surface area contributed by atoms with E-state index in [1.54, 1.807) is 0 Å². The second-order valence-electron chi connectivity index (χ2n) is 3.82. The molecule has 0 rings (SSSR count). The standard InChI is InChI=1S/C9H21N2.ClH/c1-5-7-10-8-6-9-11(2,3)4;/h5,7,10H,6,8-9H2,1-4H3;1H/q+1;/p-1. The summed E-state index contributed by atoms with van der Waals surface area (Å²) in [6.45, 7) is 4.33. The molecule has 0 atom stereocenters. The summed E-state index contributed by atoms with van der Waals surface area (Å²) in [5, 5.41) is 3.22. The van der Waals surface area contributed by atoms with Crippen LogP contribution in [-0.4, -0.2) is 38.7 Å². The third kappa shape index (κ3) is 12.5. The Labute approximate surface area is 82.6 Å². The van der Waals surface area contributed by atoms with Crippen LogP contribution in [0.15, 0.2) is 12.3 Å². The van der Waals surface area contributed by atoms with Crippen molar-refractivity contribution in [3.8, 4) is 0 Å². The summed E-state index contributed by atoms with van der Waals surface area (Å²) in [5.74, 6) is 0. The average molecular weight is 193 g/mol. The number of hydrogen-bond acceptors (Lipinski definition) is 1. The Kier molecular flexibility index (Phi) is 8.88. The molecule has 0 spiro atoms. The van der Waals surface area contributed by atoms with Crippen LogP contribution in [0.3, 0.4) is 0 Å². The van der Waals surface area contributed by atoms with Gasteiger partial charge >= 0.3 is 0 Å². The maximum Gasteiger partial charge on any atom is 0.0797 e. The van der Waals surface area contributed by atoms with Crippen molar-refractivity contribution < 1.29 is 16.9 Å². The second-order valence-corrected chi connectivity index (χ2v) is 3.82. The fourth-order valence-corrected chi connectivity index (χ4v) is 0.857. The summed E-state index contributed by atoms with van der Waals surface area (Å²) in [5.41, 5.74) is 0. The van der Waals surface area contributed by atoms with Gasteiger partial charge in [0.15, 0.2) is 0 Å². The summed E-state index contributed by atoms with van der Waals surface area (Å²) >= 11 is 0. The zero-order chi connectivity index (χ0) is 8.74. The topological polar surface area (TPSA) is 12.0 Å². The Hall–Kier alpha value is -0.210. The number of nitrogens with one attached hydrogen (secondary N) is 1. The second kappa shape index (κ2) is 7.44. The van der Waals surface area contributed by atoms with E-state index in [4.69, 9.17) is 0 Å². The Morgan fingerprint density at radius 3 is 2.25 bits per heavy atom. The molecule has 74 valence electrons. The van der Waals surface area contributed by atoms with Gasteiger partial charge in [-0.1, -0.05) is 6.08 Å². The monoisotopic (exact) mass is 192 g/mol. The first-order valence-corrected chi connectivity index (χ1v) is 4.21. The molecule has 0 heterocycles. The number of halogens is 1. The molecule has 0 unspecified atom stereocenters. The average Bonchev–Trinajstić information content (AvgIpc) is 1.85. The van der Waals surface area contributed by atoms with Crippen molar-refractivity contribution in [1.82, 2.24) is 5.32 Å². The molecule has 0 fully saturated rings. The van der Waals surface area contributed by atoms with Crippen molar-refractivity contribution in [3.05, 3.63) is 12.3 Å². The quantitative estimate of drug-likeness (QED) is 0.401. The highest BCUT2D eigenvalue weighted by molar-refractivity contribution is 4.73. The molecule has 0 aliphatic carbocycles. The van der Waals surface area contributed by atoms with E-state index in [1.807, 2.05) is 19.2 Å². The van der Waals surface area contributed by atoms with Gasteiger partial charge in [0.1, 0.15) is 0 Å². The van der Waals surface area contributed by atoms with Crippen LogP contribution in [0, 0.1) is 0 Å². The zero-order valence-electron chi connectivity index (χ0n) is 8.60. The van der Waals surface area contributed by atoms with Gasteiger partial charge in [-0.2, -0.15) is 0 Å². The van der Waals surface area contributed by atoms with Gasteiger partial charge in [-0.3, -0.25) is 0 Å². The van der Waals surface area contributed by atoms with E-state index >= 15 is 0 Å². The van der Waals surface area contributed by atoms with Crippen LogP contribution in [0.4, 0.5) is 0 Å². The van der Waals surface area contributed by atoms with E-state index in [1.165, 1.54) is 13.0 Å². The van der Waals surface area contributed by atoms with E-state index in [9.17, 15) is 0 Å². The third-order valence-corrected chi connectivity index (χ3v) is 1.43. The SMILES string of the molecule is CC=CNCCC[N+](C)(C)C.[Cl-]. The van der Waals surface area contributed by atoms with Crippen LogP contribution in [0.25, 0.3) is 0 Å². The van der Waals surface area contributed by atoms with E-state index in [0.717, 1.165) is 11.0 Å². The highest BCUT2D eigenvalue weighted by atomic mass is 35.5. The molecule has 0 saturated heterocycles. The van der Waals surface area contributed by atoms with Gasteiger partial charge in [0.05, 0.1) is 27.7 Å². The Morgan fingerprint density at radius 1 is 1.25 bits per heavy atom. The van der Waals surface area contributed by atoms with Crippen molar-refractivity contribution in [2.75, 3.05) is 34.2 Å². The molecule has 0 aliphatic heterocycles. The maximum atomic E-state index is 3.22. The molecular formula is C9H21ClN2. The first kappa shape index (κ1) is 14.3. The molecule has 0 amide bonds. The molecule has 2 nitrogen and oxygen atoms in total. The minimum atomic E-state index is 0. The highest BCUT2D eigenvalue weighted by Crippen LogP contribution is 1.91. The molecule has 0 aliphatic rings. The fourth-order valence-electron chi connectivity index (χ4n) is 0.857. The van der Waals surface area contributed by atoms with Crippen LogP contribution >= 0.6 is 0 Å². The van der Waals surface area contributed by atoms with E-state index in [0.29, 0.717) is 0 Å². The molecule has 0 aromatic carbocycles. The molecule has 0 radical (unpaired) electrons. The molecule has 12 heavy (non-hydrogen) atoms. The minimum Gasteiger partial charge on any atom is -1.00 e. The van der Waals surface area contributed by atoms with Crippen LogP contribution in [0.1, 0.15) is 13.3 Å². The van der Waals surface area contributed by atoms with E-state index < -0.39 is 0 Å². The lowest BCUT2D eigenvalue weighted by Gasteiger charge is -2.23. The first-order valence-electron chi connectivity index (χ1n) is 4.21. The summed E-state index contributed by atoms with van der Waals surface area (Å²) in [6, 6.07) is 0. The smallest absolute Gasteiger partial charge is 0.0797 e. The number of nitrogens with zero attached hydrogens (tertiary/aromatic N) is 1.